The van der Waals surface area contributed by atoms with Crippen molar-refractivity contribution in [3.05, 3.63) is 0 Å². The van der Waals surface area contributed by atoms with Crippen LogP contribution in [-0.2, 0) is 0 Å². The van der Waals surface area contributed by atoms with Crippen molar-refractivity contribution in [1.29, 1.82) is 0 Å². The van der Waals surface area contributed by atoms with Gasteiger partial charge >= 0.3 is 112 Å². The van der Waals surface area contributed by atoms with E-state index in [1.54, 1.807) is 51.4 Å². The molecule has 4 fully saturated rings. The fraction of sp³-hybridized carbons (Fsp3) is 1.00. The van der Waals surface area contributed by atoms with E-state index in [0.29, 0.717) is 0 Å². The maximum absolute atomic E-state index is 2.88. The van der Waals surface area contributed by atoms with Gasteiger partial charge in [0.2, 0.25) is 0 Å². The summed E-state index contributed by atoms with van der Waals surface area (Å²) in [5.41, 5.74) is 0. The molecule has 0 aromatic heterocycles. The van der Waals surface area contributed by atoms with Crippen molar-refractivity contribution in [2.75, 3.05) is 0 Å². The molecule has 4 aliphatic rings. The van der Waals surface area contributed by atoms with E-state index in [2.05, 4.69) is 5.27 Å². The van der Waals surface area contributed by atoms with Crippen LogP contribution in [0.25, 0.3) is 0 Å². The minimum absolute atomic E-state index is 0.913. The first-order valence-electron chi connectivity index (χ1n) is 6.66. The Bertz CT molecular complexity index is 204. The first-order valence-corrected chi connectivity index (χ1v) is 23.9. The summed E-state index contributed by atoms with van der Waals surface area (Å²) in [5.74, 6) is 0. The fourth-order valence-corrected chi connectivity index (χ4v) is 111. The van der Waals surface area contributed by atoms with Crippen molar-refractivity contribution < 1.29 is 0 Å². The van der Waals surface area contributed by atoms with E-state index in [9.17, 15) is 0 Å². The molecule has 4 rings (SSSR count). The van der Waals surface area contributed by atoms with Gasteiger partial charge in [-0.3, -0.25) is 0 Å². The SMILES string of the molecule is C1C[CH]1[Bi]([S][Bi]([CH]1CC1)[CH]1CC1)[CH]1CC1. The van der Waals surface area contributed by atoms with Crippen molar-refractivity contribution in [2.24, 2.45) is 0 Å². The average Bonchev–Trinajstić information content (AvgIpc) is 3.02. The molecule has 0 atom stereocenters. The molecule has 0 aromatic rings. The van der Waals surface area contributed by atoms with Crippen molar-refractivity contribution in [2.45, 2.75) is 65.9 Å². The van der Waals surface area contributed by atoms with Crippen LogP contribution in [0.1, 0.15) is 51.4 Å². The normalized spacial score (nSPS) is 31.6. The van der Waals surface area contributed by atoms with Crippen molar-refractivity contribution in [3.63, 3.8) is 0 Å². The molecule has 0 radical (unpaired) electrons. The summed E-state index contributed by atoms with van der Waals surface area (Å²) < 4.78 is 5.64. The molecule has 0 aliphatic heterocycles. The second-order valence-corrected chi connectivity index (χ2v) is 48.9. The van der Waals surface area contributed by atoms with Gasteiger partial charge in [0.15, 0.2) is 0 Å². The van der Waals surface area contributed by atoms with E-state index >= 15 is 0 Å². The summed E-state index contributed by atoms with van der Waals surface area (Å²) in [5, 5.41) is 2.88. The van der Waals surface area contributed by atoms with Crippen LogP contribution in [0.3, 0.4) is 0 Å². The molecule has 0 heterocycles. The molecule has 0 aromatic carbocycles. The molecule has 3 heteroatoms. The first kappa shape index (κ1) is 11.0. The Morgan fingerprint density at radius 1 is 0.533 bits per heavy atom. The summed E-state index contributed by atoms with van der Waals surface area (Å²) in [4.78, 5) is 0. The van der Waals surface area contributed by atoms with E-state index in [4.69, 9.17) is 0 Å². The van der Waals surface area contributed by atoms with E-state index in [-0.39, 0.29) is 0 Å². The molecule has 0 spiro atoms. The fourth-order valence-electron chi connectivity index (χ4n) is 2.29. The Morgan fingerprint density at radius 2 is 0.800 bits per heavy atom. The second kappa shape index (κ2) is 4.34. The van der Waals surface area contributed by atoms with Crippen LogP contribution in [-0.4, -0.2) is 40.6 Å². The van der Waals surface area contributed by atoms with Crippen LogP contribution in [0.5, 0.6) is 0 Å². The quantitative estimate of drug-likeness (QED) is 0.401. The monoisotopic (exact) mass is 614 g/mol. The Labute approximate surface area is 110 Å². The molecule has 0 bridgehead atoms. The Morgan fingerprint density at radius 3 is 1.00 bits per heavy atom. The molecule has 84 valence electrons. The van der Waals surface area contributed by atoms with Gasteiger partial charge in [-0.05, 0) is 0 Å². The zero-order valence-corrected chi connectivity index (χ0v) is 17.0. The van der Waals surface area contributed by atoms with Gasteiger partial charge in [0.25, 0.3) is 0 Å². The Balaban J connectivity index is 1.41. The van der Waals surface area contributed by atoms with Crippen LogP contribution < -0.4 is 0 Å². The molecule has 4 aliphatic carbocycles. The first-order chi connectivity index (χ1) is 7.42. The summed E-state index contributed by atoms with van der Waals surface area (Å²) in [6, 6.07) is 0. The number of hydrogen-bond donors (Lipinski definition) is 0. The van der Waals surface area contributed by atoms with Crippen molar-refractivity contribution in [1.82, 2.24) is 0 Å². The van der Waals surface area contributed by atoms with Gasteiger partial charge in [0.05, 0.1) is 0 Å². The molecule has 4 saturated carbocycles. The molecular weight excluding hydrogens is 594 g/mol. The zero-order valence-electron chi connectivity index (χ0n) is 9.27. The second-order valence-electron chi connectivity index (χ2n) is 5.73. The Kier molecular flexibility index (Phi) is 3.18. The minimum atomic E-state index is -0.913. The predicted octanol–water partition coefficient (Wildman–Crippen LogP) is 4.36. The maximum atomic E-state index is 2.88. The van der Waals surface area contributed by atoms with Crippen LogP contribution in [0.2, 0.25) is 14.5 Å². The molecule has 0 nitrogen and oxygen atoms in total. The van der Waals surface area contributed by atoms with Gasteiger partial charge in [-0.15, -0.1) is 0 Å². The molecule has 0 amide bonds. The van der Waals surface area contributed by atoms with Gasteiger partial charge in [0.1, 0.15) is 0 Å². The van der Waals surface area contributed by atoms with Gasteiger partial charge in [-0.2, -0.15) is 0 Å². The van der Waals surface area contributed by atoms with Crippen LogP contribution in [0.4, 0.5) is 0 Å². The van der Waals surface area contributed by atoms with Gasteiger partial charge in [-0.25, -0.2) is 0 Å². The Hall–Kier alpha value is 2.12. The van der Waals surface area contributed by atoms with Crippen molar-refractivity contribution >= 4 is 45.8 Å². The van der Waals surface area contributed by atoms with Crippen LogP contribution in [0.15, 0.2) is 0 Å². The summed E-state index contributed by atoms with van der Waals surface area (Å²) in [6.45, 7) is 0. The standard InChI is InChI=1S/4C3H5.2Bi.S/c4*1-2-3-1;;;/h4*1H,2-3H2;;;. The van der Waals surface area contributed by atoms with Gasteiger partial charge in [0, 0.05) is 0 Å². The molecule has 0 N–H and O–H groups in total. The topological polar surface area (TPSA) is 0 Å². The van der Waals surface area contributed by atoms with E-state index in [0.717, 1.165) is 0 Å². The molecule has 15 heavy (non-hydrogen) atoms. The number of rotatable bonds is 6. The third kappa shape index (κ3) is 2.76. The number of hydrogen-bond acceptors (Lipinski definition) is 1. The summed E-state index contributed by atoms with van der Waals surface area (Å²) in [7, 11) is 0. The van der Waals surface area contributed by atoms with Crippen LogP contribution >= 0.6 is 5.27 Å². The van der Waals surface area contributed by atoms with E-state index < -0.39 is 40.6 Å². The van der Waals surface area contributed by atoms with Gasteiger partial charge < -0.3 is 0 Å². The molecular formula is C12H20Bi2S. The average molecular weight is 614 g/mol. The van der Waals surface area contributed by atoms with E-state index in [1.165, 1.54) is 14.5 Å². The van der Waals surface area contributed by atoms with E-state index in [1.807, 2.05) is 0 Å². The van der Waals surface area contributed by atoms with Crippen LogP contribution in [0, 0.1) is 0 Å². The molecule has 0 unspecified atom stereocenters. The van der Waals surface area contributed by atoms with Crippen molar-refractivity contribution in [3.8, 4) is 0 Å². The summed E-state index contributed by atoms with van der Waals surface area (Å²) >= 11 is -1.83. The third-order valence-electron chi connectivity index (χ3n) is 3.82. The zero-order chi connectivity index (χ0) is 9.83. The predicted molar refractivity (Wildman–Crippen MR) is 71.0 cm³/mol. The third-order valence-corrected chi connectivity index (χ3v) is 76.9. The molecule has 0 saturated heterocycles. The summed E-state index contributed by atoms with van der Waals surface area (Å²) in [6.07, 6.45) is 13.5. The van der Waals surface area contributed by atoms with Gasteiger partial charge in [-0.1, -0.05) is 0 Å².